The first-order valence-electron chi connectivity index (χ1n) is 8.03. The van der Waals surface area contributed by atoms with Gasteiger partial charge in [-0.25, -0.2) is 0 Å². The van der Waals surface area contributed by atoms with E-state index in [4.69, 9.17) is 0 Å². The van der Waals surface area contributed by atoms with Gasteiger partial charge >= 0.3 is 0 Å². The minimum Gasteiger partial charge on any atom is -0.307 e. The molecule has 0 radical (unpaired) electrons. The third-order valence-corrected chi connectivity index (χ3v) is 3.86. The molecule has 0 aliphatic rings. The van der Waals surface area contributed by atoms with Crippen LogP contribution in [0.2, 0.25) is 0 Å². The summed E-state index contributed by atoms with van der Waals surface area (Å²) in [6.07, 6.45) is 0.750. The third-order valence-electron chi connectivity index (χ3n) is 3.86. The summed E-state index contributed by atoms with van der Waals surface area (Å²) in [6, 6.07) is 18.8. The minimum atomic E-state index is -0.0902. The number of ketones is 1. The Morgan fingerprint density at radius 1 is 1.00 bits per heavy atom. The van der Waals surface area contributed by atoms with Crippen LogP contribution in [0.25, 0.3) is 11.1 Å². The molecule has 0 spiro atoms. The maximum absolute atomic E-state index is 12.3. The molecule has 2 aromatic carbocycles. The number of hydrogen-bond donors (Lipinski definition) is 1. The molecule has 2 aromatic rings. The van der Waals surface area contributed by atoms with Gasteiger partial charge in [0.15, 0.2) is 5.78 Å². The molecule has 0 aliphatic heterocycles. The Kier molecular flexibility index (Phi) is 5.91. The van der Waals surface area contributed by atoms with E-state index in [9.17, 15) is 4.79 Å². The van der Waals surface area contributed by atoms with Crippen molar-refractivity contribution in [3.05, 3.63) is 60.2 Å². The molecule has 2 heteroatoms. The highest BCUT2D eigenvalue weighted by Gasteiger charge is 2.20. The molecule has 2 nitrogen and oxygen atoms in total. The topological polar surface area (TPSA) is 29.1 Å². The van der Waals surface area contributed by atoms with Gasteiger partial charge in [-0.1, -0.05) is 75.4 Å². The molecule has 0 fully saturated rings. The second-order valence-electron chi connectivity index (χ2n) is 5.93. The van der Waals surface area contributed by atoms with Gasteiger partial charge in [-0.05, 0) is 29.7 Å². The highest BCUT2D eigenvalue weighted by molar-refractivity contribution is 5.86. The minimum absolute atomic E-state index is 0. The number of likely N-dealkylation sites (N-methyl/N-ethyl adjacent to an activating group) is 1. The van der Waals surface area contributed by atoms with E-state index >= 15 is 0 Å². The summed E-state index contributed by atoms with van der Waals surface area (Å²) in [5, 5.41) is 3.31. The number of Topliss-reactive ketones (excluding diaryl/α,β-unsaturated/α-hetero) is 1. The van der Waals surface area contributed by atoms with Gasteiger partial charge in [0, 0.05) is 7.34 Å². The van der Waals surface area contributed by atoms with E-state index in [-0.39, 0.29) is 19.2 Å². The first-order valence-corrected chi connectivity index (χ1v) is 8.03. The van der Waals surface area contributed by atoms with Gasteiger partial charge in [-0.15, -0.1) is 0 Å². The number of nitrogens with one attached hydrogen (secondary N) is 1. The van der Waals surface area contributed by atoms with Crippen molar-refractivity contribution in [2.75, 3.05) is 6.54 Å². The lowest BCUT2D eigenvalue weighted by atomic mass is 9.94. The molecule has 0 aromatic heterocycles. The van der Waals surface area contributed by atoms with Crippen molar-refractivity contribution in [1.82, 2.24) is 5.32 Å². The molecule has 0 aliphatic carbocycles. The highest BCUT2D eigenvalue weighted by Crippen LogP contribution is 2.20. The Morgan fingerprint density at radius 2 is 1.59 bits per heavy atom. The number of rotatable bonds is 7. The van der Waals surface area contributed by atoms with Crippen LogP contribution in [-0.4, -0.2) is 18.4 Å². The summed E-state index contributed by atoms with van der Waals surface area (Å²) >= 11 is 0. The van der Waals surface area contributed by atoms with Gasteiger partial charge in [0.1, 0.15) is 0 Å². The van der Waals surface area contributed by atoms with Crippen LogP contribution in [0.4, 0.5) is 0 Å². The average Bonchev–Trinajstić information content (AvgIpc) is 2.55. The maximum Gasteiger partial charge on any atom is 0.152 e. The summed E-state index contributed by atoms with van der Waals surface area (Å²) < 4.78 is 0. The van der Waals surface area contributed by atoms with Crippen molar-refractivity contribution in [2.24, 2.45) is 5.92 Å². The molecule has 1 atom stereocenters. The normalized spacial score (nSPS) is 12.4. The van der Waals surface area contributed by atoms with Crippen molar-refractivity contribution < 1.29 is 6.22 Å². The van der Waals surface area contributed by atoms with Crippen molar-refractivity contribution in [3.8, 4) is 11.1 Å². The zero-order chi connectivity index (χ0) is 15.9. The largest absolute Gasteiger partial charge is 0.307 e. The van der Waals surface area contributed by atoms with Gasteiger partial charge in [0.25, 0.3) is 0 Å². The lowest BCUT2D eigenvalue weighted by Crippen LogP contribution is -2.40. The van der Waals surface area contributed by atoms with Crippen molar-refractivity contribution in [1.29, 1.82) is 0 Å². The van der Waals surface area contributed by atoms with E-state index in [2.05, 4.69) is 41.7 Å². The molecule has 22 heavy (non-hydrogen) atoms. The van der Waals surface area contributed by atoms with Crippen molar-refractivity contribution in [3.63, 3.8) is 0 Å². The molecule has 0 saturated carbocycles. The standard InChI is InChI=1S/C20H25NO.H2/c1-4-21-19(20(22)15(2)3)14-16-10-12-18(13-11-16)17-8-6-5-7-9-17;/h5-13,15,19,21H,4,14H2,1-3H3;1H/t19-;/m0./s1. The van der Waals surface area contributed by atoms with Crippen LogP contribution in [0.1, 0.15) is 27.8 Å². The smallest absolute Gasteiger partial charge is 0.152 e. The molecule has 0 unspecified atom stereocenters. The van der Waals surface area contributed by atoms with E-state index < -0.39 is 0 Å². The van der Waals surface area contributed by atoms with Crippen LogP contribution in [0.5, 0.6) is 0 Å². The van der Waals surface area contributed by atoms with Crippen LogP contribution in [0.15, 0.2) is 54.6 Å². The number of benzene rings is 2. The average molecular weight is 297 g/mol. The zero-order valence-electron chi connectivity index (χ0n) is 13.7. The predicted molar refractivity (Wildman–Crippen MR) is 95.0 cm³/mol. The van der Waals surface area contributed by atoms with E-state index in [1.807, 2.05) is 39.0 Å². The van der Waals surface area contributed by atoms with Crippen LogP contribution in [0, 0.1) is 5.92 Å². The fraction of sp³-hybridized carbons (Fsp3) is 0.350. The Morgan fingerprint density at radius 3 is 2.14 bits per heavy atom. The Bertz CT molecular complexity index is 593. The van der Waals surface area contributed by atoms with Gasteiger partial charge in [-0.3, -0.25) is 4.79 Å². The molecule has 118 valence electrons. The van der Waals surface area contributed by atoms with Crippen LogP contribution < -0.4 is 5.32 Å². The van der Waals surface area contributed by atoms with Gasteiger partial charge in [-0.2, -0.15) is 0 Å². The van der Waals surface area contributed by atoms with Crippen LogP contribution in [0.3, 0.4) is 0 Å². The van der Waals surface area contributed by atoms with E-state index in [0.717, 1.165) is 13.0 Å². The zero-order valence-corrected chi connectivity index (χ0v) is 13.7. The maximum atomic E-state index is 12.3. The molecule has 2 rings (SSSR count). The molecule has 0 bridgehead atoms. The fourth-order valence-corrected chi connectivity index (χ4v) is 2.62. The number of hydrogen-bond acceptors (Lipinski definition) is 2. The summed E-state index contributed by atoms with van der Waals surface area (Å²) in [4.78, 5) is 12.3. The Labute approximate surface area is 135 Å². The van der Waals surface area contributed by atoms with E-state index in [1.54, 1.807) is 0 Å². The van der Waals surface area contributed by atoms with Crippen molar-refractivity contribution >= 4 is 5.78 Å². The number of carbonyl (C=O) groups is 1. The molecular formula is C20H27NO. The summed E-state index contributed by atoms with van der Waals surface area (Å²) in [6.45, 7) is 6.78. The van der Waals surface area contributed by atoms with Gasteiger partial charge in [0.05, 0.1) is 6.04 Å². The SMILES string of the molecule is CCN[C@@H](Cc1ccc(-c2ccccc2)cc1)C(=O)C(C)C.[HH]. The highest BCUT2D eigenvalue weighted by atomic mass is 16.1. The van der Waals surface area contributed by atoms with Gasteiger partial charge in [0.2, 0.25) is 0 Å². The van der Waals surface area contributed by atoms with Gasteiger partial charge < -0.3 is 5.32 Å². The lowest BCUT2D eigenvalue weighted by molar-refractivity contribution is -0.123. The first-order chi connectivity index (χ1) is 10.6. The fourth-order valence-electron chi connectivity index (χ4n) is 2.62. The third kappa shape index (κ3) is 4.28. The van der Waals surface area contributed by atoms with Crippen molar-refractivity contribution in [2.45, 2.75) is 33.2 Å². The van der Waals surface area contributed by atoms with Crippen LogP contribution in [-0.2, 0) is 11.2 Å². The molecular weight excluding hydrogens is 270 g/mol. The second-order valence-corrected chi connectivity index (χ2v) is 5.93. The summed E-state index contributed by atoms with van der Waals surface area (Å²) in [5.41, 5.74) is 3.62. The quantitative estimate of drug-likeness (QED) is 0.823. The molecule has 0 heterocycles. The van der Waals surface area contributed by atoms with E-state index in [0.29, 0.717) is 0 Å². The summed E-state index contributed by atoms with van der Waals surface area (Å²) in [7, 11) is 0. The molecule has 0 saturated heterocycles. The van der Waals surface area contributed by atoms with E-state index in [1.165, 1.54) is 16.7 Å². The second kappa shape index (κ2) is 7.90. The Hall–Kier alpha value is -1.93. The lowest BCUT2D eigenvalue weighted by Gasteiger charge is -2.19. The monoisotopic (exact) mass is 297 g/mol. The molecule has 0 amide bonds. The summed E-state index contributed by atoms with van der Waals surface area (Å²) in [5.74, 6) is 0.349. The molecule has 1 N–H and O–H groups in total. The van der Waals surface area contributed by atoms with Crippen LogP contribution >= 0.6 is 0 Å². The Balaban J connectivity index is 0.00000264. The predicted octanol–water partition coefficient (Wildman–Crippen LogP) is 4.35. The number of carbonyl (C=O) groups excluding carboxylic acids is 1. The first kappa shape index (κ1) is 16.4.